The van der Waals surface area contributed by atoms with Gasteiger partial charge in [0.15, 0.2) is 6.10 Å². The van der Waals surface area contributed by atoms with Crippen LogP contribution in [0.3, 0.4) is 0 Å². The third-order valence-electron chi connectivity index (χ3n) is 3.91. The van der Waals surface area contributed by atoms with Crippen LogP contribution < -0.4 is 9.64 Å². The number of para-hydroxylation sites is 1. The summed E-state index contributed by atoms with van der Waals surface area (Å²) in [4.78, 5) is 24.9. The van der Waals surface area contributed by atoms with Crippen LogP contribution in [0.25, 0.3) is 0 Å². The van der Waals surface area contributed by atoms with E-state index in [0.717, 1.165) is 0 Å². The Morgan fingerprint density at radius 1 is 1.12 bits per heavy atom. The van der Waals surface area contributed by atoms with Crippen LogP contribution in [0.4, 0.5) is 5.95 Å². The van der Waals surface area contributed by atoms with Crippen molar-refractivity contribution in [3.05, 3.63) is 47.7 Å². The van der Waals surface area contributed by atoms with E-state index in [2.05, 4.69) is 14.9 Å². The fourth-order valence-corrected chi connectivity index (χ4v) is 2.80. The average molecular weight is 347 g/mol. The van der Waals surface area contributed by atoms with Gasteiger partial charge < -0.3 is 14.5 Å². The molecular formula is C17H19ClN4O2. The average Bonchev–Trinajstić information content (AvgIpc) is 2.64. The largest absolute Gasteiger partial charge is 0.479 e. The Balaban J connectivity index is 1.56. The van der Waals surface area contributed by atoms with Crippen molar-refractivity contribution in [3.8, 4) is 5.75 Å². The number of amides is 1. The highest BCUT2D eigenvalue weighted by Gasteiger charge is 2.27. The number of piperazine rings is 1. The van der Waals surface area contributed by atoms with Crippen LogP contribution in [0, 0.1) is 0 Å². The molecule has 0 N–H and O–H groups in total. The minimum Gasteiger partial charge on any atom is -0.479 e. The summed E-state index contributed by atoms with van der Waals surface area (Å²) in [5.74, 6) is 1.19. The zero-order valence-corrected chi connectivity index (χ0v) is 14.2. The van der Waals surface area contributed by atoms with Gasteiger partial charge in [0, 0.05) is 38.6 Å². The first-order valence-corrected chi connectivity index (χ1v) is 8.25. The predicted octanol–water partition coefficient (Wildman–Crippen LogP) is 2.25. The van der Waals surface area contributed by atoms with Crippen molar-refractivity contribution in [2.45, 2.75) is 13.0 Å². The third kappa shape index (κ3) is 3.76. The lowest BCUT2D eigenvalue weighted by Gasteiger charge is -2.35. The number of nitrogens with zero attached hydrogens (tertiary/aromatic N) is 4. The predicted molar refractivity (Wildman–Crippen MR) is 92.4 cm³/mol. The summed E-state index contributed by atoms with van der Waals surface area (Å²) in [7, 11) is 0. The molecule has 1 saturated heterocycles. The van der Waals surface area contributed by atoms with E-state index in [1.54, 1.807) is 42.4 Å². The minimum absolute atomic E-state index is 0.0384. The van der Waals surface area contributed by atoms with Crippen LogP contribution in [-0.4, -0.2) is 53.1 Å². The van der Waals surface area contributed by atoms with Crippen molar-refractivity contribution in [3.63, 3.8) is 0 Å². The van der Waals surface area contributed by atoms with Crippen LogP contribution in [0.1, 0.15) is 6.92 Å². The number of hydrogen-bond donors (Lipinski definition) is 0. The number of carbonyl (C=O) groups excluding carboxylic acids is 1. The molecule has 1 aliphatic heterocycles. The van der Waals surface area contributed by atoms with Gasteiger partial charge in [0.1, 0.15) is 5.75 Å². The molecule has 3 rings (SSSR count). The number of benzene rings is 1. The Hall–Kier alpha value is -2.34. The second kappa shape index (κ2) is 7.49. The van der Waals surface area contributed by atoms with Gasteiger partial charge in [-0.2, -0.15) is 0 Å². The van der Waals surface area contributed by atoms with E-state index in [9.17, 15) is 4.79 Å². The highest BCUT2D eigenvalue weighted by Crippen LogP contribution is 2.24. The monoisotopic (exact) mass is 346 g/mol. The molecule has 1 atom stereocenters. The second-order valence-electron chi connectivity index (χ2n) is 5.55. The van der Waals surface area contributed by atoms with E-state index in [0.29, 0.717) is 42.9 Å². The van der Waals surface area contributed by atoms with Gasteiger partial charge >= 0.3 is 0 Å². The minimum atomic E-state index is -0.579. The Labute approximate surface area is 146 Å². The standard InChI is InChI=1S/C17H19ClN4O2/c1-13(24-15-6-3-2-5-14(15)18)16(23)21-9-11-22(12-10-21)17-19-7-4-8-20-17/h2-8,13H,9-12H2,1H3. The summed E-state index contributed by atoms with van der Waals surface area (Å²) in [6.45, 7) is 4.39. The molecule has 24 heavy (non-hydrogen) atoms. The molecule has 1 aromatic heterocycles. The molecule has 126 valence electrons. The number of aromatic nitrogens is 2. The first-order valence-electron chi connectivity index (χ1n) is 7.87. The van der Waals surface area contributed by atoms with Crippen LogP contribution in [0.15, 0.2) is 42.7 Å². The van der Waals surface area contributed by atoms with Crippen molar-refractivity contribution >= 4 is 23.5 Å². The fraction of sp³-hybridized carbons (Fsp3) is 0.353. The third-order valence-corrected chi connectivity index (χ3v) is 4.23. The summed E-state index contributed by atoms with van der Waals surface area (Å²) in [5, 5.41) is 0.503. The van der Waals surface area contributed by atoms with E-state index < -0.39 is 6.10 Å². The maximum atomic E-state index is 12.6. The highest BCUT2D eigenvalue weighted by molar-refractivity contribution is 6.32. The van der Waals surface area contributed by atoms with Gasteiger partial charge in [0.05, 0.1) is 5.02 Å². The van der Waals surface area contributed by atoms with Crippen LogP contribution in [-0.2, 0) is 4.79 Å². The number of halogens is 1. The smallest absolute Gasteiger partial charge is 0.263 e. The lowest BCUT2D eigenvalue weighted by Crippen LogP contribution is -2.52. The maximum absolute atomic E-state index is 12.6. The number of rotatable bonds is 4. The summed E-state index contributed by atoms with van der Waals surface area (Å²) in [6, 6.07) is 8.95. The molecule has 2 heterocycles. The van der Waals surface area contributed by atoms with Gasteiger partial charge in [-0.25, -0.2) is 9.97 Å². The van der Waals surface area contributed by atoms with Crippen LogP contribution in [0.5, 0.6) is 5.75 Å². The molecule has 1 unspecified atom stereocenters. The zero-order valence-electron chi connectivity index (χ0n) is 13.4. The summed E-state index contributed by atoms with van der Waals surface area (Å²) >= 11 is 6.08. The molecule has 2 aromatic rings. The van der Waals surface area contributed by atoms with Gasteiger partial charge in [-0.1, -0.05) is 23.7 Å². The molecule has 1 aromatic carbocycles. The highest BCUT2D eigenvalue weighted by atomic mass is 35.5. The second-order valence-corrected chi connectivity index (χ2v) is 5.96. The lowest BCUT2D eigenvalue weighted by atomic mass is 10.2. The van der Waals surface area contributed by atoms with Gasteiger partial charge in [0.2, 0.25) is 5.95 Å². The Morgan fingerprint density at radius 3 is 2.46 bits per heavy atom. The molecule has 0 aliphatic carbocycles. The van der Waals surface area contributed by atoms with Crippen molar-refractivity contribution in [2.24, 2.45) is 0 Å². The first kappa shape index (κ1) is 16.5. The van der Waals surface area contributed by atoms with Gasteiger partial charge in [-0.05, 0) is 25.1 Å². The topological polar surface area (TPSA) is 58.6 Å². The Bertz CT molecular complexity index is 690. The fourth-order valence-electron chi connectivity index (χ4n) is 2.62. The van der Waals surface area contributed by atoms with Crippen LogP contribution >= 0.6 is 11.6 Å². The van der Waals surface area contributed by atoms with Crippen molar-refractivity contribution in [1.29, 1.82) is 0 Å². The first-order chi connectivity index (χ1) is 11.6. The van der Waals surface area contributed by atoms with Gasteiger partial charge in [-0.3, -0.25) is 4.79 Å². The van der Waals surface area contributed by atoms with E-state index in [-0.39, 0.29) is 5.91 Å². The summed E-state index contributed by atoms with van der Waals surface area (Å²) < 4.78 is 5.71. The van der Waals surface area contributed by atoms with Gasteiger partial charge in [-0.15, -0.1) is 0 Å². The van der Waals surface area contributed by atoms with Crippen molar-refractivity contribution in [2.75, 3.05) is 31.1 Å². The maximum Gasteiger partial charge on any atom is 0.263 e. The SMILES string of the molecule is CC(Oc1ccccc1Cl)C(=O)N1CCN(c2ncccn2)CC1. The van der Waals surface area contributed by atoms with Crippen LogP contribution in [0.2, 0.25) is 5.02 Å². The molecule has 1 fully saturated rings. The molecule has 1 amide bonds. The van der Waals surface area contributed by atoms with E-state index in [1.165, 1.54) is 0 Å². The molecular weight excluding hydrogens is 328 g/mol. The summed E-state index contributed by atoms with van der Waals surface area (Å²) in [5.41, 5.74) is 0. The van der Waals surface area contributed by atoms with E-state index in [1.807, 2.05) is 12.1 Å². The van der Waals surface area contributed by atoms with Crippen molar-refractivity contribution in [1.82, 2.24) is 14.9 Å². The molecule has 1 aliphatic rings. The number of carbonyl (C=O) groups is 1. The quantitative estimate of drug-likeness (QED) is 0.849. The molecule has 0 bridgehead atoms. The van der Waals surface area contributed by atoms with E-state index >= 15 is 0 Å². The molecule has 0 saturated carbocycles. The number of ether oxygens (including phenoxy) is 1. The Morgan fingerprint density at radius 2 is 1.79 bits per heavy atom. The normalized spacial score (nSPS) is 15.9. The molecule has 0 radical (unpaired) electrons. The Kier molecular flexibility index (Phi) is 5.15. The number of hydrogen-bond acceptors (Lipinski definition) is 5. The van der Waals surface area contributed by atoms with E-state index in [4.69, 9.17) is 16.3 Å². The zero-order chi connectivity index (χ0) is 16.9. The lowest BCUT2D eigenvalue weighted by molar-refractivity contribution is -0.138. The number of anilines is 1. The summed E-state index contributed by atoms with van der Waals surface area (Å²) in [6.07, 6.45) is 2.86. The van der Waals surface area contributed by atoms with Gasteiger partial charge in [0.25, 0.3) is 5.91 Å². The molecule has 7 heteroatoms. The molecule has 6 nitrogen and oxygen atoms in total. The van der Waals surface area contributed by atoms with Crippen molar-refractivity contribution < 1.29 is 9.53 Å². The molecule has 0 spiro atoms.